The summed E-state index contributed by atoms with van der Waals surface area (Å²) in [5, 5.41) is 8.00. The first kappa shape index (κ1) is 19.2. The third-order valence-corrected chi connectivity index (χ3v) is 6.63. The normalized spacial score (nSPS) is 12.6. The van der Waals surface area contributed by atoms with Gasteiger partial charge in [0, 0.05) is 11.8 Å². The fraction of sp³-hybridized carbons (Fsp3) is 0.167. The molecule has 2 aromatic heterocycles. The molecule has 0 spiro atoms. The highest BCUT2D eigenvalue weighted by atomic mass is 32.2. The van der Waals surface area contributed by atoms with Gasteiger partial charge < -0.3 is 5.32 Å². The molecule has 27 heavy (non-hydrogen) atoms. The van der Waals surface area contributed by atoms with E-state index in [-0.39, 0.29) is 20.9 Å². The minimum atomic E-state index is -3.85. The third-order valence-electron chi connectivity index (χ3n) is 4.01. The summed E-state index contributed by atoms with van der Waals surface area (Å²) >= 11 is 0.843. The number of nitrogens with zero attached hydrogens (tertiary/aromatic N) is 2. The number of nitrogens with two attached hydrogens (primary N) is 1. The van der Waals surface area contributed by atoms with E-state index in [1.807, 2.05) is 42.5 Å². The van der Waals surface area contributed by atoms with E-state index in [4.69, 9.17) is 5.14 Å². The molecule has 140 valence electrons. The van der Waals surface area contributed by atoms with Crippen molar-refractivity contribution in [3.8, 4) is 11.3 Å². The Morgan fingerprint density at radius 1 is 1.19 bits per heavy atom. The number of thiazole rings is 1. The van der Waals surface area contributed by atoms with Crippen molar-refractivity contribution >= 4 is 32.4 Å². The molecule has 0 saturated heterocycles. The van der Waals surface area contributed by atoms with Crippen molar-refractivity contribution in [2.45, 2.75) is 24.0 Å². The minimum Gasteiger partial charge on any atom is -0.301 e. The van der Waals surface area contributed by atoms with Crippen molar-refractivity contribution in [2.75, 3.05) is 5.32 Å². The lowest BCUT2D eigenvalue weighted by molar-refractivity contribution is -0.117. The number of hydrogen-bond donors (Lipinski definition) is 2. The van der Waals surface area contributed by atoms with E-state index in [0.29, 0.717) is 0 Å². The summed E-state index contributed by atoms with van der Waals surface area (Å²) in [6.45, 7) is 3.30. The van der Waals surface area contributed by atoms with Gasteiger partial charge in [-0.2, -0.15) is 0 Å². The van der Waals surface area contributed by atoms with E-state index in [1.54, 1.807) is 13.1 Å². The van der Waals surface area contributed by atoms with Gasteiger partial charge in [0.1, 0.15) is 0 Å². The molecule has 1 aromatic carbocycles. The van der Waals surface area contributed by atoms with Crippen molar-refractivity contribution < 1.29 is 13.2 Å². The summed E-state index contributed by atoms with van der Waals surface area (Å²) in [6, 6.07) is 13.2. The molecule has 1 unspecified atom stereocenters. The number of carbonyl (C=O) groups is 1. The predicted octanol–water partition coefficient (Wildman–Crippen LogP) is 2.90. The molecule has 0 bridgehead atoms. The van der Waals surface area contributed by atoms with E-state index in [2.05, 4.69) is 15.3 Å². The quantitative estimate of drug-likeness (QED) is 0.681. The van der Waals surface area contributed by atoms with Crippen LogP contribution in [0.2, 0.25) is 0 Å². The Kier molecular flexibility index (Phi) is 5.36. The van der Waals surface area contributed by atoms with Crippen LogP contribution >= 0.6 is 11.3 Å². The van der Waals surface area contributed by atoms with Gasteiger partial charge in [-0.25, -0.2) is 18.5 Å². The number of anilines is 1. The second-order valence-electron chi connectivity index (χ2n) is 5.98. The number of aromatic nitrogens is 2. The molecule has 0 aliphatic rings. The Hall–Kier alpha value is -2.62. The van der Waals surface area contributed by atoms with Crippen molar-refractivity contribution in [3.63, 3.8) is 0 Å². The molecule has 1 atom stereocenters. The van der Waals surface area contributed by atoms with E-state index >= 15 is 0 Å². The molecule has 0 aliphatic heterocycles. The maximum absolute atomic E-state index is 12.5. The van der Waals surface area contributed by atoms with Gasteiger partial charge in [0.2, 0.25) is 15.9 Å². The van der Waals surface area contributed by atoms with Gasteiger partial charge in [0.05, 0.1) is 17.3 Å². The molecule has 0 aliphatic carbocycles. The van der Waals surface area contributed by atoms with Crippen LogP contribution in [0.4, 0.5) is 5.13 Å². The predicted molar refractivity (Wildman–Crippen MR) is 105 cm³/mol. The number of nitrogens with one attached hydrogen (secondary N) is 1. The van der Waals surface area contributed by atoms with Crippen molar-refractivity contribution in [1.29, 1.82) is 0 Å². The largest absolute Gasteiger partial charge is 0.301 e. The molecule has 3 aromatic rings. The molecule has 0 saturated carbocycles. The van der Waals surface area contributed by atoms with Gasteiger partial charge in [0.25, 0.3) is 0 Å². The summed E-state index contributed by atoms with van der Waals surface area (Å²) in [6.07, 6.45) is 1.73. The summed E-state index contributed by atoms with van der Waals surface area (Å²) in [5.41, 5.74) is 2.91. The molecule has 9 heteroatoms. The number of primary sulfonamides is 1. The van der Waals surface area contributed by atoms with E-state index < -0.39 is 15.9 Å². The van der Waals surface area contributed by atoms with Gasteiger partial charge in [-0.15, -0.1) is 0 Å². The lowest BCUT2D eigenvalue weighted by atomic mass is 9.98. The number of carbonyl (C=O) groups excluding carboxylic acids is 1. The highest BCUT2D eigenvalue weighted by Crippen LogP contribution is 2.28. The van der Waals surface area contributed by atoms with E-state index in [1.165, 1.54) is 6.92 Å². The maximum Gasteiger partial charge on any atom is 0.249 e. The van der Waals surface area contributed by atoms with Crippen LogP contribution in [0.25, 0.3) is 11.3 Å². The number of rotatable bonds is 5. The Morgan fingerprint density at radius 3 is 2.44 bits per heavy atom. The van der Waals surface area contributed by atoms with Crippen molar-refractivity contribution in [1.82, 2.24) is 9.97 Å². The summed E-state index contributed by atoms with van der Waals surface area (Å²) in [7, 11) is -3.85. The minimum absolute atomic E-state index is 0.0508. The molecular weight excluding hydrogens is 384 g/mol. The second kappa shape index (κ2) is 7.55. The number of aryl methyl sites for hydroxylation is 1. The zero-order valence-corrected chi connectivity index (χ0v) is 16.3. The first-order valence-electron chi connectivity index (χ1n) is 8.08. The Labute approximate surface area is 161 Å². The van der Waals surface area contributed by atoms with Crippen LogP contribution in [-0.4, -0.2) is 24.3 Å². The van der Waals surface area contributed by atoms with Crippen LogP contribution in [-0.2, 0) is 14.8 Å². The Bertz CT molecular complexity index is 1060. The SMILES string of the molecule is Cc1nc(NC(=O)C(C)c2ccc(-c3ccccn3)cc2)sc1S(N)(=O)=O. The zero-order chi connectivity index (χ0) is 19.6. The molecule has 0 fully saturated rings. The number of benzene rings is 1. The lowest BCUT2D eigenvalue weighted by Crippen LogP contribution is -2.18. The van der Waals surface area contributed by atoms with Gasteiger partial charge in [-0.1, -0.05) is 41.7 Å². The van der Waals surface area contributed by atoms with Crippen molar-refractivity contribution in [2.24, 2.45) is 5.14 Å². The maximum atomic E-state index is 12.5. The monoisotopic (exact) mass is 402 g/mol. The molecule has 3 rings (SSSR count). The Morgan fingerprint density at radius 2 is 1.89 bits per heavy atom. The highest BCUT2D eigenvalue weighted by molar-refractivity contribution is 7.91. The number of sulfonamides is 1. The van der Waals surface area contributed by atoms with Crippen LogP contribution < -0.4 is 10.5 Å². The molecule has 2 heterocycles. The first-order chi connectivity index (χ1) is 12.8. The number of pyridine rings is 1. The van der Waals surface area contributed by atoms with Crippen LogP contribution in [0.1, 0.15) is 24.1 Å². The standard InChI is InChI=1S/C18H18N4O3S2/c1-11(13-6-8-14(9-7-13)15-5-3-4-10-20-15)16(23)22-18-21-12(2)17(26-18)27(19,24)25/h3-11H,1-2H3,(H2,19,24,25)(H,21,22,23). The summed E-state index contributed by atoms with van der Waals surface area (Å²) in [4.78, 5) is 20.9. The Balaban J connectivity index is 1.74. The molecule has 3 N–H and O–H groups in total. The first-order valence-corrected chi connectivity index (χ1v) is 10.4. The van der Waals surface area contributed by atoms with Crippen LogP contribution in [0.3, 0.4) is 0 Å². The zero-order valence-electron chi connectivity index (χ0n) is 14.7. The summed E-state index contributed by atoms with van der Waals surface area (Å²) in [5.74, 6) is -0.722. The average Bonchev–Trinajstić information content (AvgIpc) is 3.02. The van der Waals surface area contributed by atoms with E-state index in [9.17, 15) is 13.2 Å². The highest BCUT2D eigenvalue weighted by Gasteiger charge is 2.21. The van der Waals surface area contributed by atoms with Crippen LogP contribution in [0.15, 0.2) is 52.9 Å². The third kappa shape index (κ3) is 4.38. The topological polar surface area (TPSA) is 115 Å². The molecule has 0 radical (unpaired) electrons. The smallest absolute Gasteiger partial charge is 0.249 e. The fourth-order valence-electron chi connectivity index (χ4n) is 2.54. The van der Waals surface area contributed by atoms with Gasteiger partial charge in [-0.05, 0) is 31.5 Å². The average molecular weight is 403 g/mol. The van der Waals surface area contributed by atoms with Crippen LogP contribution in [0, 0.1) is 6.92 Å². The molecule has 7 nitrogen and oxygen atoms in total. The van der Waals surface area contributed by atoms with Gasteiger partial charge in [-0.3, -0.25) is 9.78 Å². The van der Waals surface area contributed by atoms with Gasteiger partial charge >= 0.3 is 0 Å². The van der Waals surface area contributed by atoms with Crippen LogP contribution in [0.5, 0.6) is 0 Å². The van der Waals surface area contributed by atoms with Gasteiger partial charge in [0.15, 0.2) is 9.34 Å². The molecular formula is C18H18N4O3S2. The van der Waals surface area contributed by atoms with E-state index in [0.717, 1.165) is 28.2 Å². The second-order valence-corrected chi connectivity index (χ2v) is 8.74. The number of amides is 1. The number of hydrogen-bond acceptors (Lipinski definition) is 6. The lowest BCUT2D eigenvalue weighted by Gasteiger charge is -2.11. The summed E-state index contributed by atoms with van der Waals surface area (Å²) < 4.78 is 22.9. The van der Waals surface area contributed by atoms with Crippen molar-refractivity contribution in [3.05, 3.63) is 59.9 Å². The fourth-order valence-corrected chi connectivity index (χ4v) is 4.40. The molecule has 1 amide bonds.